The maximum absolute atomic E-state index is 12.4. The number of urea groups is 1. The lowest BCUT2D eigenvalue weighted by molar-refractivity contribution is -0.384. The number of carbonyl (C=O) groups excluding carboxylic acids is 1. The normalized spacial score (nSPS) is 20.1. The van der Waals surface area contributed by atoms with Gasteiger partial charge in [0.1, 0.15) is 11.9 Å². The van der Waals surface area contributed by atoms with E-state index >= 15 is 0 Å². The second-order valence-corrected chi connectivity index (χ2v) is 6.31. The molecule has 2 amide bonds. The average molecular weight is 304 g/mol. The third kappa shape index (κ3) is 2.88. The first kappa shape index (κ1) is 14.7. The molecular weight excluding hydrogens is 284 g/mol. The lowest BCUT2D eigenvalue weighted by atomic mass is 9.73. The molecule has 1 aliphatic heterocycles. The predicted molar refractivity (Wildman–Crippen MR) is 81.6 cm³/mol. The standard InChI is InChI=1S/C15H20N4O3/c20-14(17-12-4-8-16-10-13(12)19(21)22)18-9-7-15(11-18)5-2-1-3-6-15/h4,8,10H,1-3,5-7,9,11H2,(H,16,17,20). The molecule has 2 fully saturated rings. The van der Waals surface area contributed by atoms with Crippen LogP contribution >= 0.6 is 0 Å². The molecule has 1 aromatic heterocycles. The van der Waals surface area contributed by atoms with Crippen LogP contribution in [-0.2, 0) is 0 Å². The zero-order valence-electron chi connectivity index (χ0n) is 12.5. The molecule has 1 spiro atoms. The van der Waals surface area contributed by atoms with Crippen molar-refractivity contribution in [2.24, 2.45) is 5.41 Å². The molecule has 1 saturated carbocycles. The highest BCUT2D eigenvalue weighted by molar-refractivity contribution is 5.91. The largest absolute Gasteiger partial charge is 0.324 e. The zero-order chi connectivity index (χ0) is 15.6. The second-order valence-electron chi connectivity index (χ2n) is 6.31. The molecule has 2 aliphatic rings. The van der Waals surface area contributed by atoms with Gasteiger partial charge in [0.2, 0.25) is 0 Å². The number of amides is 2. The van der Waals surface area contributed by atoms with E-state index < -0.39 is 4.92 Å². The van der Waals surface area contributed by atoms with Crippen LogP contribution < -0.4 is 5.32 Å². The van der Waals surface area contributed by atoms with Gasteiger partial charge < -0.3 is 10.2 Å². The van der Waals surface area contributed by atoms with Crippen molar-refractivity contribution in [1.29, 1.82) is 0 Å². The van der Waals surface area contributed by atoms with Crippen molar-refractivity contribution in [3.63, 3.8) is 0 Å². The number of hydrogen-bond donors (Lipinski definition) is 1. The highest BCUT2D eigenvalue weighted by Gasteiger charge is 2.40. The molecule has 0 atom stereocenters. The van der Waals surface area contributed by atoms with Gasteiger partial charge in [0.25, 0.3) is 0 Å². The third-order valence-electron chi connectivity index (χ3n) is 4.88. The third-order valence-corrected chi connectivity index (χ3v) is 4.88. The summed E-state index contributed by atoms with van der Waals surface area (Å²) < 4.78 is 0. The number of carbonyl (C=O) groups is 1. The Morgan fingerprint density at radius 3 is 2.82 bits per heavy atom. The molecule has 1 N–H and O–H groups in total. The Labute approximate surface area is 128 Å². The van der Waals surface area contributed by atoms with Crippen LogP contribution in [0.15, 0.2) is 18.5 Å². The minimum atomic E-state index is -0.533. The number of nitro groups is 1. The van der Waals surface area contributed by atoms with Crippen molar-refractivity contribution in [1.82, 2.24) is 9.88 Å². The molecule has 2 heterocycles. The average Bonchev–Trinajstić information content (AvgIpc) is 2.92. The second kappa shape index (κ2) is 5.90. The van der Waals surface area contributed by atoms with Crippen LogP contribution in [0.4, 0.5) is 16.2 Å². The molecular formula is C15H20N4O3. The van der Waals surface area contributed by atoms with Crippen LogP contribution in [0.25, 0.3) is 0 Å². The van der Waals surface area contributed by atoms with Gasteiger partial charge in [0.05, 0.1) is 4.92 Å². The first-order valence-corrected chi connectivity index (χ1v) is 7.74. The van der Waals surface area contributed by atoms with Crippen LogP contribution in [0.2, 0.25) is 0 Å². The summed E-state index contributed by atoms with van der Waals surface area (Å²) in [5, 5.41) is 13.6. The molecule has 0 bridgehead atoms. The van der Waals surface area contributed by atoms with Gasteiger partial charge >= 0.3 is 11.7 Å². The Kier molecular flexibility index (Phi) is 3.96. The monoisotopic (exact) mass is 304 g/mol. The zero-order valence-corrected chi connectivity index (χ0v) is 12.5. The molecule has 118 valence electrons. The van der Waals surface area contributed by atoms with E-state index in [2.05, 4.69) is 10.3 Å². The number of likely N-dealkylation sites (tertiary alicyclic amines) is 1. The summed E-state index contributed by atoms with van der Waals surface area (Å²) in [6.07, 6.45) is 9.78. The summed E-state index contributed by atoms with van der Waals surface area (Å²) in [6.45, 7) is 1.49. The van der Waals surface area contributed by atoms with E-state index in [4.69, 9.17) is 0 Å². The van der Waals surface area contributed by atoms with Crippen molar-refractivity contribution in [3.8, 4) is 0 Å². The topological polar surface area (TPSA) is 88.4 Å². The lowest BCUT2D eigenvalue weighted by Gasteiger charge is -2.33. The summed E-state index contributed by atoms with van der Waals surface area (Å²) in [5.74, 6) is 0. The van der Waals surface area contributed by atoms with Crippen molar-refractivity contribution >= 4 is 17.4 Å². The predicted octanol–water partition coefficient (Wildman–Crippen LogP) is 3.18. The molecule has 0 aromatic carbocycles. The molecule has 3 rings (SSSR count). The van der Waals surface area contributed by atoms with Crippen LogP contribution in [0.1, 0.15) is 38.5 Å². The minimum Gasteiger partial charge on any atom is -0.324 e. The number of nitrogens with zero attached hydrogens (tertiary/aromatic N) is 3. The molecule has 1 aromatic rings. The number of pyridine rings is 1. The van der Waals surface area contributed by atoms with Gasteiger partial charge in [-0.2, -0.15) is 0 Å². The van der Waals surface area contributed by atoms with Crippen LogP contribution in [0.5, 0.6) is 0 Å². The fourth-order valence-corrected chi connectivity index (χ4v) is 3.65. The highest BCUT2D eigenvalue weighted by Crippen LogP contribution is 2.43. The Morgan fingerprint density at radius 1 is 1.32 bits per heavy atom. The fraction of sp³-hybridized carbons (Fsp3) is 0.600. The first-order valence-electron chi connectivity index (χ1n) is 7.74. The van der Waals surface area contributed by atoms with Gasteiger partial charge in [-0.15, -0.1) is 0 Å². The van der Waals surface area contributed by atoms with Gasteiger partial charge in [0, 0.05) is 19.3 Å². The SMILES string of the molecule is O=C(Nc1ccncc1[N+](=O)[O-])N1CCC2(CCCCC2)C1. The van der Waals surface area contributed by atoms with Gasteiger partial charge in [0.15, 0.2) is 0 Å². The summed E-state index contributed by atoms with van der Waals surface area (Å²) in [6, 6.07) is 1.21. The molecule has 1 aliphatic carbocycles. The van der Waals surface area contributed by atoms with E-state index in [0.29, 0.717) is 0 Å². The lowest BCUT2D eigenvalue weighted by Crippen LogP contribution is -2.36. The number of hydrogen-bond acceptors (Lipinski definition) is 4. The van der Waals surface area contributed by atoms with Crippen molar-refractivity contribution in [3.05, 3.63) is 28.6 Å². The van der Waals surface area contributed by atoms with E-state index in [1.54, 1.807) is 4.90 Å². The van der Waals surface area contributed by atoms with Crippen LogP contribution in [0.3, 0.4) is 0 Å². The van der Waals surface area contributed by atoms with Crippen molar-refractivity contribution < 1.29 is 9.72 Å². The Bertz CT molecular complexity index is 584. The molecule has 1 saturated heterocycles. The van der Waals surface area contributed by atoms with E-state index in [1.807, 2.05) is 0 Å². The molecule has 0 radical (unpaired) electrons. The van der Waals surface area contributed by atoms with E-state index in [0.717, 1.165) is 25.7 Å². The molecule has 7 nitrogen and oxygen atoms in total. The Hall–Kier alpha value is -2.18. The fourth-order valence-electron chi connectivity index (χ4n) is 3.65. The van der Waals surface area contributed by atoms with Gasteiger partial charge in [-0.25, -0.2) is 4.79 Å². The highest BCUT2D eigenvalue weighted by atomic mass is 16.6. The van der Waals surface area contributed by atoms with Crippen LogP contribution in [0, 0.1) is 15.5 Å². The quantitative estimate of drug-likeness (QED) is 0.671. The van der Waals surface area contributed by atoms with Crippen LogP contribution in [-0.4, -0.2) is 33.9 Å². The molecule has 0 unspecified atom stereocenters. The smallest absolute Gasteiger partial charge is 0.322 e. The number of rotatable bonds is 2. The van der Waals surface area contributed by atoms with Crippen molar-refractivity contribution in [2.75, 3.05) is 18.4 Å². The number of aromatic nitrogens is 1. The van der Waals surface area contributed by atoms with Crippen molar-refractivity contribution in [2.45, 2.75) is 38.5 Å². The van der Waals surface area contributed by atoms with E-state index in [9.17, 15) is 14.9 Å². The number of anilines is 1. The Balaban J connectivity index is 1.67. The maximum atomic E-state index is 12.4. The van der Waals surface area contributed by atoms with E-state index in [-0.39, 0.29) is 22.8 Å². The summed E-state index contributed by atoms with van der Waals surface area (Å²) >= 11 is 0. The summed E-state index contributed by atoms with van der Waals surface area (Å²) in [5.41, 5.74) is 0.303. The molecule has 7 heteroatoms. The summed E-state index contributed by atoms with van der Waals surface area (Å²) in [7, 11) is 0. The summed E-state index contributed by atoms with van der Waals surface area (Å²) in [4.78, 5) is 28.3. The van der Waals surface area contributed by atoms with Gasteiger partial charge in [-0.3, -0.25) is 15.1 Å². The minimum absolute atomic E-state index is 0.178. The van der Waals surface area contributed by atoms with E-state index in [1.165, 1.54) is 44.4 Å². The van der Waals surface area contributed by atoms with Gasteiger partial charge in [-0.1, -0.05) is 19.3 Å². The van der Waals surface area contributed by atoms with Gasteiger partial charge in [-0.05, 0) is 30.7 Å². The Morgan fingerprint density at radius 2 is 2.09 bits per heavy atom. The first-order chi connectivity index (χ1) is 10.6. The number of nitrogens with one attached hydrogen (secondary N) is 1. The molecule has 22 heavy (non-hydrogen) atoms. The maximum Gasteiger partial charge on any atom is 0.322 e.